The van der Waals surface area contributed by atoms with Crippen molar-refractivity contribution in [1.82, 2.24) is 10.2 Å². The number of halogens is 2. The summed E-state index contributed by atoms with van der Waals surface area (Å²) in [7, 11) is 0. The lowest BCUT2D eigenvalue weighted by Gasteiger charge is -2.34. The number of benzene rings is 1. The minimum Gasteiger partial charge on any atom is -0.314 e. The Balaban J connectivity index is 2.27. The Labute approximate surface area is 106 Å². The van der Waals surface area contributed by atoms with Crippen molar-refractivity contribution in [2.45, 2.75) is 12.5 Å². The molecule has 1 aromatic rings. The average molecular weight is 252 g/mol. The van der Waals surface area contributed by atoms with Crippen LogP contribution >= 0.6 is 0 Å². The van der Waals surface area contributed by atoms with Gasteiger partial charge in [-0.05, 0) is 24.6 Å². The van der Waals surface area contributed by atoms with Crippen molar-refractivity contribution in [3.63, 3.8) is 0 Å². The van der Waals surface area contributed by atoms with Crippen LogP contribution in [0.15, 0.2) is 30.9 Å². The van der Waals surface area contributed by atoms with Gasteiger partial charge in [-0.3, -0.25) is 4.90 Å². The van der Waals surface area contributed by atoms with Gasteiger partial charge in [-0.15, -0.1) is 6.58 Å². The van der Waals surface area contributed by atoms with Gasteiger partial charge in [-0.2, -0.15) is 0 Å². The molecular formula is C14H18F2N2. The second kappa shape index (κ2) is 6.07. The summed E-state index contributed by atoms with van der Waals surface area (Å²) in [5.74, 6) is -0.739. The topological polar surface area (TPSA) is 15.3 Å². The van der Waals surface area contributed by atoms with E-state index in [9.17, 15) is 8.78 Å². The van der Waals surface area contributed by atoms with E-state index in [0.717, 1.165) is 32.2 Å². The normalized spacial score (nSPS) is 18.6. The van der Waals surface area contributed by atoms with E-state index in [4.69, 9.17) is 0 Å². The number of piperazine rings is 1. The van der Waals surface area contributed by atoms with E-state index in [0.29, 0.717) is 12.0 Å². The molecule has 2 nitrogen and oxygen atoms in total. The Hall–Kier alpha value is -1.26. The minimum atomic E-state index is -0.393. The summed E-state index contributed by atoms with van der Waals surface area (Å²) in [6, 6.07) is 3.52. The highest BCUT2D eigenvalue weighted by Gasteiger charge is 2.23. The smallest absolute Gasteiger partial charge is 0.128 e. The molecule has 1 N–H and O–H groups in total. The molecule has 18 heavy (non-hydrogen) atoms. The highest BCUT2D eigenvalue weighted by Crippen LogP contribution is 2.27. The standard InChI is InChI=1S/C14H18F2N2/c1-2-3-14(18-8-6-17-7-9-18)12-10-11(15)4-5-13(12)16/h2,4-5,10,14,17H,1,3,6-9H2/t14-/m1/s1. The lowest BCUT2D eigenvalue weighted by atomic mass is 10.0. The first-order valence-electron chi connectivity index (χ1n) is 6.23. The predicted octanol–water partition coefficient (Wildman–Crippen LogP) is 2.49. The Morgan fingerprint density at radius 1 is 1.33 bits per heavy atom. The second-order valence-corrected chi connectivity index (χ2v) is 4.49. The van der Waals surface area contributed by atoms with Gasteiger partial charge in [0.05, 0.1) is 0 Å². The molecule has 1 heterocycles. The largest absolute Gasteiger partial charge is 0.314 e. The second-order valence-electron chi connectivity index (χ2n) is 4.49. The number of nitrogens with zero attached hydrogens (tertiary/aromatic N) is 1. The molecule has 0 aliphatic carbocycles. The molecule has 0 saturated carbocycles. The maximum atomic E-state index is 13.9. The summed E-state index contributed by atoms with van der Waals surface area (Å²) in [4.78, 5) is 2.18. The summed E-state index contributed by atoms with van der Waals surface area (Å²) in [5.41, 5.74) is 0.428. The van der Waals surface area contributed by atoms with Crippen molar-refractivity contribution >= 4 is 0 Å². The van der Waals surface area contributed by atoms with Crippen molar-refractivity contribution < 1.29 is 8.78 Å². The fourth-order valence-corrected chi connectivity index (χ4v) is 2.39. The molecule has 1 aromatic carbocycles. The third-order valence-corrected chi connectivity index (χ3v) is 3.30. The van der Waals surface area contributed by atoms with Crippen LogP contribution in [-0.2, 0) is 0 Å². The van der Waals surface area contributed by atoms with Crippen molar-refractivity contribution in [3.8, 4) is 0 Å². The van der Waals surface area contributed by atoms with Crippen LogP contribution < -0.4 is 5.32 Å². The van der Waals surface area contributed by atoms with Gasteiger partial charge < -0.3 is 5.32 Å². The van der Waals surface area contributed by atoms with Crippen LogP contribution in [-0.4, -0.2) is 31.1 Å². The van der Waals surface area contributed by atoms with Gasteiger partial charge in [0.2, 0.25) is 0 Å². The molecule has 0 amide bonds. The van der Waals surface area contributed by atoms with Crippen LogP contribution in [0.4, 0.5) is 8.78 Å². The van der Waals surface area contributed by atoms with Crippen molar-refractivity contribution in [3.05, 3.63) is 48.1 Å². The minimum absolute atomic E-state index is 0.125. The molecule has 0 bridgehead atoms. The Kier molecular flexibility index (Phi) is 4.44. The van der Waals surface area contributed by atoms with Crippen molar-refractivity contribution in [1.29, 1.82) is 0 Å². The Morgan fingerprint density at radius 3 is 2.72 bits per heavy atom. The fraction of sp³-hybridized carbons (Fsp3) is 0.429. The highest BCUT2D eigenvalue weighted by atomic mass is 19.1. The fourth-order valence-electron chi connectivity index (χ4n) is 2.39. The highest BCUT2D eigenvalue weighted by molar-refractivity contribution is 5.23. The van der Waals surface area contributed by atoms with Gasteiger partial charge in [0, 0.05) is 37.8 Å². The summed E-state index contributed by atoms with van der Waals surface area (Å²) < 4.78 is 27.1. The number of hydrogen-bond donors (Lipinski definition) is 1. The molecule has 0 aromatic heterocycles. The zero-order valence-electron chi connectivity index (χ0n) is 10.3. The molecule has 0 spiro atoms. The van der Waals surface area contributed by atoms with E-state index in [1.807, 2.05) is 0 Å². The Bertz CT molecular complexity index is 414. The first-order valence-corrected chi connectivity index (χ1v) is 6.23. The average Bonchev–Trinajstić information content (AvgIpc) is 2.40. The van der Waals surface area contributed by atoms with Crippen LogP contribution in [0.1, 0.15) is 18.0 Å². The van der Waals surface area contributed by atoms with E-state index < -0.39 is 5.82 Å². The SMILES string of the molecule is C=CC[C@H](c1cc(F)ccc1F)N1CCNCC1. The van der Waals surface area contributed by atoms with Crippen LogP contribution in [0.2, 0.25) is 0 Å². The van der Waals surface area contributed by atoms with Gasteiger partial charge in [0.15, 0.2) is 0 Å². The summed E-state index contributed by atoms with van der Waals surface area (Å²) in [6.45, 7) is 7.16. The molecule has 1 saturated heterocycles. The van der Waals surface area contributed by atoms with Crippen LogP contribution in [0.3, 0.4) is 0 Å². The van der Waals surface area contributed by atoms with Crippen molar-refractivity contribution in [2.24, 2.45) is 0 Å². The monoisotopic (exact) mass is 252 g/mol. The first-order chi connectivity index (χ1) is 8.72. The molecule has 1 aliphatic heterocycles. The zero-order chi connectivity index (χ0) is 13.0. The zero-order valence-corrected chi connectivity index (χ0v) is 10.3. The third-order valence-electron chi connectivity index (χ3n) is 3.30. The van der Waals surface area contributed by atoms with Gasteiger partial charge in [-0.25, -0.2) is 8.78 Å². The molecule has 1 aliphatic rings. The van der Waals surface area contributed by atoms with Crippen LogP contribution in [0.5, 0.6) is 0 Å². The van der Waals surface area contributed by atoms with Gasteiger partial charge in [0.1, 0.15) is 11.6 Å². The Morgan fingerprint density at radius 2 is 2.06 bits per heavy atom. The van der Waals surface area contributed by atoms with E-state index in [-0.39, 0.29) is 11.9 Å². The molecule has 4 heteroatoms. The maximum absolute atomic E-state index is 13.9. The summed E-state index contributed by atoms with van der Waals surface area (Å²) >= 11 is 0. The van der Waals surface area contributed by atoms with E-state index in [1.165, 1.54) is 12.1 Å². The number of rotatable bonds is 4. The van der Waals surface area contributed by atoms with Gasteiger partial charge >= 0.3 is 0 Å². The molecular weight excluding hydrogens is 234 g/mol. The van der Waals surface area contributed by atoms with E-state index >= 15 is 0 Å². The lowest BCUT2D eigenvalue weighted by Crippen LogP contribution is -2.45. The molecule has 98 valence electrons. The number of hydrogen-bond acceptors (Lipinski definition) is 2. The predicted molar refractivity (Wildman–Crippen MR) is 68.4 cm³/mol. The summed E-state index contributed by atoms with van der Waals surface area (Å²) in [6.07, 6.45) is 2.39. The summed E-state index contributed by atoms with van der Waals surface area (Å²) in [5, 5.41) is 3.25. The molecule has 0 radical (unpaired) electrons. The number of nitrogens with one attached hydrogen (secondary N) is 1. The van der Waals surface area contributed by atoms with Gasteiger partial charge in [-0.1, -0.05) is 6.08 Å². The first kappa shape index (κ1) is 13.2. The molecule has 1 fully saturated rings. The van der Waals surface area contributed by atoms with E-state index in [2.05, 4.69) is 16.8 Å². The van der Waals surface area contributed by atoms with Crippen LogP contribution in [0, 0.1) is 11.6 Å². The van der Waals surface area contributed by atoms with E-state index in [1.54, 1.807) is 6.08 Å². The third kappa shape index (κ3) is 2.94. The molecule has 0 unspecified atom stereocenters. The van der Waals surface area contributed by atoms with Gasteiger partial charge in [0.25, 0.3) is 0 Å². The van der Waals surface area contributed by atoms with Crippen LogP contribution in [0.25, 0.3) is 0 Å². The quantitative estimate of drug-likeness (QED) is 0.828. The molecule has 1 atom stereocenters. The lowest BCUT2D eigenvalue weighted by molar-refractivity contribution is 0.171. The van der Waals surface area contributed by atoms with Crippen molar-refractivity contribution in [2.75, 3.05) is 26.2 Å². The molecule has 2 rings (SSSR count). The maximum Gasteiger partial charge on any atom is 0.128 e.